The first-order valence-corrected chi connectivity index (χ1v) is 9.51. The molecule has 0 radical (unpaired) electrons. The zero-order valence-electron chi connectivity index (χ0n) is 15.3. The van der Waals surface area contributed by atoms with Crippen LogP contribution in [0, 0.1) is 11.8 Å². The number of carboxylic acids is 1. The molecule has 1 aliphatic carbocycles. The Hall–Kier alpha value is -2.57. The monoisotopic (exact) mass is 374 g/mol. The van der Waals surface area contributed by atoms with E-state index in [9.17, 15) is 14.4 Å². The second-order valence-electron chi connectivity index (χ2n) is 7.33. The van der Waals surface area contributed by atoms with E-state index in [0.717, 1.165) is 12.8 Å². The number of para-hydroxylation sites is 1. The van der Waals surface area contributed by atoms with Crippen molar-refractivity contribution in [3.63, 3.8) is 0 Å². The van der Waals surface area contributed by atoms with E-state index in [-0.39, 0.29) is 36.3 Å². The third-order valence-electron chi connectivity index (χ3n) is 5.38. The standard InChI is InChI=1S/C20H26N2O5/c23-18(13-27-17-6-2-1-3-7-17)22-10-4-5-15(12-22)19(24)21-16-9-8-14(11-16)20(25)26/h1-3,6-7,14-16H,4-5,8-13H2,(H,21,24)(H,25,26)/t14-,15?,16+/m0/s1. The molecule has 1 aliphatic heterocycles. The summed E-state index contributed by atoms with van der Waals surface area (Å²) in [4.78, 5) is 37.7. The summed E-state index contributed by atoms with van der Waals surface area (Å²) in [5, 5.41) is 12.1. The number of carbonyl (C=O) groups is 3. The molecule has 1 saturated carbocycles. The van der Waals surface area contributed by atoms with E-state index in [1.807, 2.05) is 18.2 Å². The Bertz CT molecular complexity index is 678. The molecule has 0 spiro atoms. The topological polar surface area (TPSA) is 95.9 Å². The van der Waals surface area contributed by atoms with Gasteiger partial charge in [0, 0.05) is 19.1 Å². The maximum absolute atomic E-state index is 12.6. The molecular weight excluding hydrogens is 348 g/mol. The van der Waals surface area contributed by atoms with Gasteiger partial charge in [-0.25, -0.2) is 0 Å². The van der Waals surface area contributed by atoms with E-state index in [0.29, 0.717) is 38.1 Å². The van der Waals surface area contributed by atoms with Gasteiger partial charge in [-0.05, 0) is 44.2 Å². The number of amides is 2. The SMILES string of the molecule is O=C(N[C@@H]1CC[C@H](C(=O)O)C1)C1CCCN(C(=O)COc2ccccc2)C1. The molecule has 1 aromatic rings. The van der Waals surface area contributed by atoms with Gasteiger partial charge in [0.1, 0.15) is 5.75 Å². The molecule has 0 bridgehead atoms. The molecule has 2 amide bonds. The minimum absolute atomic E-state index is 0.0404. The Labute approximate surface area is 158 Å². The van der Waals surface area contributed by atoms with Crippen LogP contribution in [-0.4, -0.2) is 53.5 Å². The summed E-state index contributed by atoms with van der Waals surface area (Å²) in [7, 11) is 0. The number of rotatable bonds is 6. The highest BCUT2D eigenvalue weighted by molar-refractivity contribution is 5.82. The fourth-order valence-electron chi connectivity index (χ4n) is 3.83. The van der Waals surface area contributed by atoms with Crippen molar-refractivity contribution in [3.8, 4) is 5.75 Å². The van der Waals surface area contributed by atoms with Gasteiger partial charge < -0.3 is 20.1 Å². The number of nitrogens with one attached hydrogen (secondary N) is 1. The highest BCUT2D eigenvalue weighted by Crippen LogP contribution is 2.26. The predicted molar refractivity (Wildman–Crippen MR) is 98.1 cm³/mol. The summed E-state index contributed by atoms with van der Waals surface area (Å²) in [6.07, 6.45) is 3.30. The van der Waals surface area contributed by atoms with Crippen LogP contribution in [-0.2, 0) is 14.4 Å². The molecule has 3 atom stereocenters. The summed E-state index contributed by atoms with van der Waals surface area (Å²) < 4.78 is 5.51. The molecule has 2 fully saturated rings. The highest BCUT2D eigenvalue weighted by Gasteiger charge is 2.34. The maximum atomic E-state index is 12.6. The van der Waals surface area contributed by atoms with Gasteiger partial charge >= 0.3 is 5.97 Å². The summed E-state index contributed by atoms with van der Waals surface area (Å²) in [6.45, 7) is 0.977. The van der Waals surface area contributed by atoms with E-state index in [4.69, 9.17) is 9.84 Å². The zero-order valence-corrected chi connectivity index (χ0v) is 15.3. The van der Waals surface area contributed by atoms with Crippen molar-refractivity contribution in [2.24, 2.45) is 11.8 Å². The Kier molecular flexibility index (Phi) is 6.32. The Balaban J connectivity index is 1.46. The van der Waals surface area contributed by atoms with Crippen LogP contribution in [0.4, 0.5) is 0 Å². The van der Waals surface area contributed by atoms with E-state index >= 15 is 0 Å². The van der Waals surface area contributed by atoms with Crippen molar-refractivity contribution >= 4 is 17.8 Å². The average Bonchev–Trinajstić information content (AvgIpc) is 3.16. The number of aliphatic carboxylic acids is 1. The zero-order chi connectivity index (χ0) is 19.2. The Morgan fingerprint density at radius 3 is 2.59 bits per heavy atom. The molecule has 7 nitrogen and oxygen atoms in total. The lowest BCUT2D eigenvalue weighted by Crippen LogP contribution is -2.48. The second-order valence-corrected chi connectivity index (χ2v) is 7.33. The lowest BCUT2D eigenvalue weighted by atomic mass is 9.96. The smallest absolute Gasteiger partial charge is 0.306 e. The lowest BCUT2D eigenvalue weighted by Gasteiger charge is -2.32. The summed E-state index contributed by atoms with van der Waals surface area (Å²) >= 11 is 0. The quantitative estimate of drug-likeness (QED) is 0.790. The van der Waals surface area contributed by atoms with E-state index in [1.54, 1.807) is 17.0 Å². The van der Waals surface area contributed by atoms with Gasteiger partial charge in [0.2, 0.25) is 5.91 Å². The summed E-state index contributed by atoms with van der Waals surface area (Å²) in [6, 6.07) is 9.09. The second kappa shape index (κ2) is 8.88. The van der Waals surface area contributed by atoms with Gasteiger partial charge in [0.05, 0.1) is 11.8 Å². The Morgan fingerprint density at radius 1 is 1.11 bits per heavy atom. The van der Waals surface area contributed by atoms with Gasteiger partial charge in [-0.2, -0.15) is 0 Å². The molecule has 1 saturated heterocycles. The van der Waals surface area contributed by atoms with Gasteiger partial charge in [-0.3, -0.25) is 14.4 Å². The lowest BCUT2D eigenvalue weighted by molar-refractivity contribution is -0.142. The number of likely N-dealkylation sites (tertiary alicyclic amines) is 1. The molecule has 7 heteroatoms. The first-order valence-electron chi connectivity index (χ1n) is 9.51. The third kappa shape index (κ3) is 5.21. The van der Waals surface area contributed by atoms with Gasteiger partial charge in [0.25, 0.3) is 5.91 Å². The normalized spacial score (nSPS) is 25.0. The minimum atomic E-state index is -0.792. The van der Waals surface area contributed by atoms with Gasteiger partial charge in [-0.1, -0.05) is 18.2 Å². The molecule has 2 N–H and O–H groups in total. The molecule has 3 rings (SSSR count). The Morgan fingerprint density at radius 2 is 1.89 bits per heavy atom. The third-order valence-corrected chi connectivity index (χ3v) is 5.38. The van der Waals surface area contributed by atoms with Gasteiger partial charge in [0.15, 0.2) is 6.61 Å². The van der Waals surface area contributed by atoms with E-state index < -0.39 is 5.97 Å². The molecule has 27 heavy (non-hydrogen) atoms. The molecule has 1 unspecified atom stereocenters. The minimum Gasteiger partial charge on any atom is -0.484 e. The van der Waals surface area contributed by atoms with E-state index in [2.05, 4.69) is 5.32 Å². The first kappa shape index (κ1) is 19.2. The van der Waals surface area contributed by atoms with E-state index in [1.165, 1.54) is 0 Å². The van der Waals surface area contributed by atoms with Crippen molar-refractivity contribution in [3.05, 3.63) is 30.3 Å². The summed E-state index contributed by atoms with van der Waals surface area (Å²) in [5.74, 6) is -0.958. The van der Waals surface area contributed by atoms with Crippen LogP contribution in [0.15, 0.2) is 30.3 Å². The molecule has 1 heterocycles. The number of nitrogens with zero attached hydrogens (tertiary/aromatic N) is 1. The number of carboxylic acid groups (broad SMARTS) is 1. The number of hydrogen-bond donors (Lipinski definition) is 2. The number of benzene rings is 1. The summed E-state index contributed by atoms with van der Waals surface area (Å²) in [5.41, 5.74) is 0. The molecule has 2 aliphatic rings. The fourth-order valence-corrected chi connectivity index (χ4v) is 3.83. The largest absolute Gasteiger partial charge is 0.484 e. The van der Waals surface area contributed by atoms with Crippen molar-refractivity contribution in [1.82, 2.24) is 10.2 Å². The number of piperidine rings is 1. The van der Waals surface area contributed by atoms with Gasteiger partial charge in [-0.15, -0.1) is 0 Å². The fraction of sp³-hybridized carbons (Fsp3) is 0.550. The van der Waals surface area contributed by atoms with Crippen LogP contribution in [0.5, 0.6) is 5.75 Å². The van der Waals surface area contributed by atoms with Crippen LogP contribution in [0.3, 0.4) is 0 Å². The molecule has 0 aromatic heterocycles. The highest BCUT2D eigenvalue weighted by atomic mass is 16.5. The maximum Gasteiger partial charge on any atom is 0.306 e. The predicted octanol–water partition coefficient (Wildman–Crippen LogP) is 1.67. The van der Waals surface area contributed by atoms with Crippen LogP contribution in [0.2, 0.25) is 0 Å². The van der Waals surface area contributed by atoms with Crippen molar-refractivity contribution < 1.29 is 24.2 Å². The molecular formula is C20H26N2O5. The van der Waals surface area contributed by atoms with Crippen molar-refractivity contribution in [2.75, 3.05) is 19.7 Å². The van der Waals surface area contributed by atoms with Crippen molar-refractivity contribution in [2.45, 2.75) is 38.1 Å². The van der Waals surface area contributed by atoms with Crippen LogP contribution >= 0.6 is 0 Å². The van der Waals surface area contributed by atoms with Crippen molar-refractivity contribution in [1.29, 1.82) is 0 Å². The van der Waals surface area contributed by atoms with Crippen LogP contribution in [0.25, 0.3) is 0 Å². The number of ether oxygens (including phenoxy) is 1. The van der Waals surface area contributed by atoms with Crippen LogP contribution < -0.4 is 10.1 Å². The number of carbonyl (C=O) groups excluding carboxylic acids is 2. The van der Waals surface area contributed by atoms with Crippen LogP contribution in [0.1, 0.15) is 32.1 Å². The molecule has 1 aromatic carbocycles. The average molecular weight is 374 g/mol. The molecule has 146 valence electrons. The number of hydrogen-bond acceptors (Lipinski definition) is 4. The first-order chi connectivity index (χ1) is 13.0.